The van der Waals surface area contributed by atoms with Gasteiger partial charge in [0.15, 0.2) is 0 Å². The molecule has 2 aromatic carbocycles. The third kappa shape index (κ3) is 4.50. The fraction of sp³-hybridized carbons (Fsp3) is 0.167. The smallest absolute Gasteiger partial charge is 0.273 e. The van der Waals surface area contributed by atoms with Crippen molar-refractivity contribution in [3.05, 3.63) is 58.2 Å². The van der Waals surface area contributed by atoms with Gasteiger partial charge in [0.2, 0.25) is 5.91 Å². The van der Waals surface area contributed by atoms with E-state index in [1.165, 1.54) is 38.5 Å². The molecule has 0 saturated heterocycles. The molecule has 0 spiro atoms. The summed E-state index contributed by atoms with van der Waals surface area (Å²) in [5.41, 5.74) is 0.895. The monoisotopic (exact) mass is 358 g/mol. The highest BCUT2D eigenvalue weighted by Crippen LogP contribution is 2.29. The Morgan fingerprint density at radius 1 is 1.04 bits per heavy atom. The Labute approximate surface area is 150 Å². The second-order valence-electron chi connectivity index (χ2n) is 5.07. The predicted octanol–water partition coefficient (Wildman–Crippen LogP) is 3.27. The van der Waals surface area contributed by atoms with Gasteiger partial charge in [-0.1, -0.05) is 0 Å². The van der Waals surface area contributed by atoms with Crippen molar-refractivity contribution in [3.63, 3.8) is 0 Å². The topological polar surface area (TPSA) is 99.9 Å². The lowest BCUT2D eigenvalue weighted by Gasteiger charge is -2.09. The Morgan fingerprint density at radius 2 is 1.77 bits per heavy atom. The number of nitro benzene ring substituents is 1. The molecule has 0 bridgehead atoms. The molecule has 1 amide bonds. The standard InChI is InChI=1S/C18H18N2O6/c1-24-14-7-4-12(16(11-14)25-2)5-9-18(21)19-15-8-6-13(20(22)23)10-17(15)26-3/h4-11H,1-3H3,(H,19,21). The third-order valence-electron chi connectivity index (χ3n) is 3.51. The molecule has 0 heterocycles. The van der Waals surface area contributed by atoms with Gasteiger partial charge in [-0.25, -0.2) is 0 Å². The van der Waals surface area contributed by atoms with Crippen LogP contribution in [0.5, 0.6) is 17.2 Å². The molecule has 136 valence electrons. The Hall–Kier alpha value is -3.55. The molecule has 1 N–H and O–H groups in total. The van der Waals surface area contributed by atoms with E-state index >= 15 is 0 Å². The summed E-state index contributed by atoms with van der Waals surface area (Å²) in [6, 6.07) is 9.15. The highest BCUT2D eigenvalue weighted by molar-refractivity contribution is 6.03. The highest BCUT2D eigenvalue weighted by atomic mass is 16.6. The van der Waals surface area contributed by atoms with Crippen LogP contribution in [0.25, 0.3) is 6.08 Å². The Balaban J connectivity index is 2.16. The quantitative estimate of drug-likeness (QED) is 0.463. The van der Waals surface area contributed by atoms with Crippen molar-refractivity contribution in [2.75, 3.05) is 26.6 Å². The van der Waals surface area contributed by atoms with Crippen LogP contribution < -0.4 is 19.5 Å². The Bertz CT molecular complexity index is 848. The van der Waals surface area contributed by atoms with Crippen molar-refractivity contribution in [2.45, 2.75) is 0 Å². The summed E-state index contributed by atoms with van der Waals surface area (Å²) < 4.78 is 15.5. The largest absolute Gasteiger partial charge is 0.497 e. The Kier molecular flexibility index (Phi) is 6.15. The number of ether oxygens (including phenoxy) is 3. The number of rotatable bonds is 7. The van der Waals surface area contributed by atoms with Gasteiger partial charge in [-0.15, -0.1) is 0 Å². The van der Waals surface area contributed by atoms with E-state index in [4.69, 9.17) is 14.2 Å². The second kappa shape index (κ2) is 8.52. The first-order valence-corrected chi connectivity index (χ1v) is 7.52. The molecular weight excluding hydrogens is 340 g/mol. The molecule has 2 rings (SSSR count). The first-order chi connectivity index (χ1) is 12.5. The highest BCUT2D eigenvalue weighted by Gasteiger charge is 2.12. The van der Waals surface area contributed by atoms with Crippen LogP contribution in [0, 0.1) is 10.1 Å². The normalized spacial score (nSPS) is 10.4. The van der Waals surface area contributed by atoms with Gasteiger partial charge in [0.1, 0.15) is 17.2 Å². The van der Waals surface area contributed by atoms with Gasteiger partial charge in [-0.3, -0.25) is 14.9 Å². The number of nitro groups is 1. The number of non-ortho nitro benzene ring substituents is 1. The van der Waals surface area contributed by atoms with Crippen LogP contribution in [0.4, 0.5) is 11.4 Å². The lowest BCUT2D eigenvalue weighted by Crippen LogP contribution is -2.09. The summed E-state index contributed by atoms with van der Waals surface area (Å²) in [4.78, 5) is 22.4. The lowest BCUT2D eigenvalue weighted by molar-refractivity contribution is -0.384. The summed E-state index contributed by atoms with van der Waals surface area (Å²) in [5.74, 6) is 0.971. The molecule has 0 aliphatic rings. The number of nitrogens with one attached hydrogen (secondary N) is 1. The minimum Gasteiger partial charge on any atom is -0.497 e. The third-order valence-corrected chi connectivity index (χ3v) is 3.51. The van der Waals surface area contributed by atoms with Gasteiger partial charge in [-0.05, 0) is 24.3 Å². The van der Waals surface area contributed by atoms with Crippen molar-refractivity contribution in [1.82, 2.24) is 0 Å². The molecule has 0 fully saturated rings. The van der Waals surface area contributed by atoms with Crippen molar-refractivity contribution >= 4 is 23.4 Å². The molecule has 8 heteroatoms. The lowest BCUT2D eigenvalue weighted by atomic mass is 10.1. The van der Waals surface area contributed by atoms with Crippen molar-refractivity contribution in [2.24, 2.45) is 0 Å². The van der Waals surface area contributed by atoms with E-state index in [-0.39, 0.29) is 11.4 Å². The maximum absolute atomic E-state index is 12.1. The van der Waals surface area contributed by atoms with E-state index in [1.54, 1.807) is 31.4 Å². The van der Waals surface area contributed by atoms with Crippen LogP contribution in [0.2, 0.25) is 0 Å². The molecule has 0 radical (unpaired) electrons. The summed E-state index contributed by atoms with van der Waals surface area (Å²) in [5, 5.41) is 13.4. The number of benzene rings is 2. The number of hydrogen-bond acceptors (Lipinski definition) is 6. The van der Waals surface area contributed by atoms with Crippen LogP contribution in [0.1, 0.15) is 5.56 Å². The minimum absolute atomic E-state index is 0.127. The van der Waals surface area contributed by atoms with Gasteiger partial charge < -0.3 is 19.5 Å². The Morgan fingerprint density at radius 3 is 2.38 bits per heavy atom. The summed E-state index contributed by atoms with van der Waals surface area (Å²) in [6.45, 7) is 0. The average Bonchev–Trinajstić information content (AvgIpc) is 2.66. The van der Waals surface area contributed by atoms with Crippen molar-refractivity contribution in [1.29, 1.82) is 0 Å². The predicted molar refractivity (Wildman–Crippen MR) is 96.9 cm³/mol. The van der Waals surface area contributed by atoms with Gasteiger partial charge in [0.05, 0.1) is 38.0 Å². The van der Waals surface area contributed by atoms with Crippen LogP contribution in [0.3, 0.4) is 0 Å². The number of carbonyl (C=O) groups excluding carboxylic acids is 1. The van der Waals surface area contributed by atoms with Gasteiger partial charge in [-0.2, -0.15) is 0 Å². The molecule has 0 unspecified atom stereocenters. The molecule has 8 nitrogen and oxygen atoms in total. The number of carbonyl (C=O) groups is 1. The zero-order valence-electron chi connectivity index (χ0n) is 14.5. The average molecular weight is 358 g/mol. The maximum Gasteiger partial charge on any atom is 0.273 e. The number of hydrogen-bond donors (Lipinski definition) is 1. The van der Waals surface area contributed by atoms with Crippen molar-refractivity contribution in [3.8, 4) is 17.2 Å². The van der Waals surface area contributed by atoms with E-state index in [0.29, 0.717) is 22.7 Å². The number of amides is 1. The molecule has 0 saturated carbocycles. The van der Waals surface area contributed by atoms with Crippen LogP contribution >= 0.6 is 0 Å². The summed E-state index contributed by atoms with van der Waals surface area (Å²) in [6.07, 6.45) is 2.91. The summed E-state index contributed by atoms with van der Waals surface area (Å²) in [7, 11) is 4.44. The van der Waals surface area contributed by atoms with Crippen LogP contribution in [-0.2, 0) is 4.79 Å². The number of nitrogens with zero attached hydrogens (tertiary/aromatic N) is 1. The SMILES string of the molecule is COc1ccc(C=CC(=O)Nc2ccc([N+](=O)[O-])cc2OC)c(OC)c1. The van der Waals surface area contributed by atoms with E-state index in [9.17, 15) is 14.9 Å². The van der Waals surface area contributed by atoms with E-state index in [0.717, 1.165) is 0 Å². The van der Waals surface area contributed by atoms with Gasteiger partial charge >= 0.3 is 0 Å². The zero-order chi connectivity index (χ0) is 19.1. The van der Waals surface area contributed by atoms with Crippen LogP contribution in [0.15, 0.2) is 42.5 Å². The first kappa shape index (κ1) is 18.8. The van der Waals surface area contributed by atoms with Crippen LogP contribution in [-0.4, -0.2) is 32.2 Å². The maximum atomic E-state index is 12.1. The van der Waals surface area contributed by atoms with E-state index in [2.05, 4.69) is 5.32 Å². The fourth-order valence-corrected chi connectivity index (χ4v) is 2.19. The molecule has 0 aliphatic carbocycles. The molecular formula is C18H18N2O6. The van der Waals surface area contributed by atoms with E-state index in [1.807, 2.05) is 0 Å². The molecule has 0 aliphatic heterocycles. The number of anilines is 1. The van der Waals surface area contributed by atoms with E-state index < -0.39 is 10.8 Å². The molecule has 26 heavy (non-hydrogen) atoms. The van der Waals surface area contributed by atoms with Gasteiger partial charge in [0, 0.05) is 23.8 Å². The fourth-order valence-electron chi connectivity index (χ4n) is 2.19. The first-order valence-electron chi connectivity index (χ1n) is 7.52. The molecule has 2 aromatic rings. The van der Waals surface area contributed by atoms with Crippen molar-refractivity contribution < 1.29 is 23.9 Å². The molecule has 0 atom stereocenters. The number of methoxy groups -OCH3 is 3. The molecule has 0 aromatic heterocycles. The summed E-state index contributed by atoms with van der Waals surface area (Å²) >= 11 is 0. The second-order valence-corrected chi connectivity index (χ2v) is 5.07. The minimum atomic E-state index is -0.538. The zero-order valence-corrected chi connectivity index (χ0v) is 14.5. The van der Waals surface area contributed by atoms with Gasteiger partial charge in [0.25, 0.3) is 5.69 Å².